The molecule has 132 valence electrons. The van der Waals surface area contributed by atoms with Gasteiger partial charge in [0.25, 0.3) is 5.69 Å². The Hall–Kier alpha value is -3.09. The zero-order chi connectivity index (χ0) is 18.2. The molecule has 0 aliphatic rings. The predicted molar refractivity (Wildman–Crippen MR) is 96.0 cm³/mol. The molecule has 7 nitrogen and oxygen atoms in total. The SMILES string of the molecule is COc1ccc(C)cc1CC(=O)NCCNc1ccc([N+](=O)[O-])cc1. The van der Waals surface area contributed by atoms with Crippen molar-refractivity contribution in [3.05, 3.63) is 63.7 Å². The number of nitro groups is 1. The molecule has 0 aromatic heterocycles. The topological polar surface area (TPSA) is 93.5 Å². The zero-order valence-electron chi connectivity index (χ0n) is 14.2. The fourth-order valence-electron chi connectivity index (χ4n) is 2.39. The standard InChI is InChI=1S/C18H21N3O4/c1-13-3-8-17(25-2)14(11-13)12-18(22)20-10-9-19-15-4-6-16(7-5-15)21(23)24/h3-8,11,19H,9-10,12H2,1-2H3,(H,20,22). The van der Waals surface area contributed by atoms with Crippen LogP contribution in [0.4, 0.5) is 11.4 Å². The molecule has 0 saturated carbocycles. The molecular formula is C18H21N3O4. The summed E-state index contributed by atoms with van der Waals surface area (Å²) >= 11 is 0. The molecule has 2 N–H and O–H groups in total. The molecule has 0 saturated heterocycles. The van der Waals surface area contributed by atoms with Crippen LogP contribution >= 0.6 is 0 Å². The Bertz CT molecular complexity index is 744. The van der Waals surface area contributed by atoms with Gasteiger partial charge in [0, 0.05) is 36.5 Å². The summed E-state index contributed by atoms with van der Waals surface area (Å²) in [6, 6.07) is 11.9. The Labute approximate surface area is 146 Å². The average Bonchev–Trinajstić information content (AvgIpc) is 2.59. The van der Waals surface area contributed by atoms with Gasteiger partial charge in [-0.1, -0.05) is 17.7 Å². The van der Waals surface area contributed by atoms with Gasteiger partial charge < -0.3 is 15.4 Å². The lowest BCUT2D eigenvalue weighted by Crippen LogP contribution is -2.30. The first-order chi connectivity index (χ1) is 12.0. The molecule has 2 aromatic rings. The fourth-order valence-corrected chi connectivity index (χ4v) is 2.39. The van der Waals surface area contributed by atoms with Crippen LogP contribution in [0.25, 0.3) is 0 Å². The second-order valence-corrected chi connectivity index (χ2v) is 5.57. The van der Waals surface area contributed by atoms with Crippen molar-refractivity contribution in [1.29, 1.82) is 0 Å². The van der Waals surface area contributed by atoms with Gasteiger partial charge in [0.2, 0.25) is 5.91 Å². The number of nitrogens with zero attached hydrogens (tertiary/aromatic N) is 1. The molecule has 0 aliphatic carbocycles. The molecule has 2 rings (SSSR count). The Balaban J connectivity index is 1.77. The van der Waals surface area contributed by atoms with Crippen LogP contribution in [0.5, 0.6) is 5.75 Å². The maximum Gasteiger partial charge on any atom is 0.269 e. The van der Waals surface area contributed by atoms with Crippen molar-refractivity contribution >= 4 is 17.3 Å². The highest BCUT2D eigenvalue weighted by Gasteiger charge is 2.09. The van der Waals surface area contributed by atoms with E-state index in [0.29, 0.717) is 18.8 Å². The van der Waals surface area contributed by atoms with Gasteiger partial charge in [-0.2, -0.15) is 0 Å². The molecule has 0 atom stereocenters. The van der Waals surface area contributed by atoms with Crippen LogP contribution < -0.4 is 15.4 Å². The molecule has 0 fully saturated rings. The average molecular weight is 343 g/mol. The van der Waals surface area contributed by atoms with Crippen LogP contribution in [0.2, 0.25) is 0 Å². The number of rotatable bonds is 8. The summed E-state index contributed by atoms with van der Waals surface area (Å²) in [4.78, 5) is 22.2. The van der Waals surface area contributed by atoms with Crippen molar-refractivity contribution in [3.8, 4) is 5.75 Å². The number of anilines is 1. The lowest BCUT2D eigenvalue weighted by atomic mass is 10.1. The maximum absolute atomic E-state index is 12.1. The number of hydrogen-bond donors (Lipinski definition) is 2. The third-order valence-electron chi connectivity index (χ3n) is 3.64. The third kappa shape index (κ3) is 5.49. The number of nitrogens with one attached hydrogen (secondary N) is 2. The quantitative estimate of drug-likeness (QED) is 0.437. The van der Waals surface area contributed by atoms with Crippen molar-refractivity contribution in [1.82, 2.24) is 5.32 Å². The van der Waals surface area contributed by atoms with Gasteiger partial charge in [-0.15, -0.1) is 0 Å². The molecule has 0 radical (unpaired) electrons. The van der Waals surface area contributed by atoms with E-state index >= 15 is 0 Å². The minimum absolute atomic E-state index is 0.0472. The molecule has 0 bridgehead atoms. The molecule has 25 heavy (non-hydrogen) atoms. The molecule has 0 spiro atoms. The van der Waals surface area contributed by atoms with Gasteiger partial charge in [-0.3, -0.25) is 14.9 Å². The number of ether oxygens (including phenoxy) is 1. The van der Waals surface area contributed by atoms with Crippen LogP contribution in [0.1, 0.15) is 11.1 Å². The fraction of sp³-hybridized carbons (Fsp3) is 0.278. The highest BCUT2D eigenvalue weighted by atomic mass is 16.6. The maximum atomic E-state index is 12.1. The normalized spacial score (nSPS) is 10.2. The third-order valence-corrected chi connectivity index (χ3v) is 3.64. The van der Waals surface area contributed by atoms with E-state index in [4.69, 9.17) is 4.74 Å². The van der Waals surface area contributed by atoms with E-state index in [2.05, 4.69) is 10.6 Å². The van der Waals surface area contributed by atoms with Crippen LogP contribution in [0.15, 0.2) is 42.5 Å². The van der Waals surface area contributed by atoms with E-state index in [1.54, 1.807) is 19.2 Å². The Kier molecular flexibility index (Phi) is 6.33. The molecule has 0 heterocycles. The number of carbonyl (C=O) groups excluding carboxylic acids is 1. The first kappa shape index (κ1) is 18.3. The number of methoxy groups -OCH3 is 1. The second-order valence-electron chi connectivity index (χ2n) is 5.57. The summed E-state index contributed by atoms with van der Waals surface area (Å²) in [6.45, 7) is 2.94. The predicted octanol–water partition coefficient (Wildman–Crippen LogP) is 2.68. The van der Waals surface area contributed by atoms with Crippen molar-refractivity contribution in [3.63, 3.8) is 0 Å². The number of aryl methyl sites for hydroxylation is 1. The number of carbonyl (C=O) groups is 1. The molecule has 1 amide bonds. The largest absolute Gasteiger partial charge is 0.496 e. The number of non-ortho nitro benzene ring substituents is 1. The van der Waals surface area contributed by atoms with E-state index in [1.807, 2.05) is 25.1 Å². The van der Waals surface area contributed by atoms with Gasteiger partial charge in [-0.25, -0.2) is 0 Å². The second kappa shape index (κ2) is 8.68. The first-order valence-corrected chi connectivity index (χ1v) is 7.88. The van der Waals surface area contributed by atoms with Gasteiger partial charge in [0.1, 0.15) is 5.75 Å². The van der Waals surface area contributed by atoms with Crippen molar-refractivity contribution in [2.45, 2.75) is 13.3 Å². The summed E-state index contributed by atoms with van der Waals surface area (Å²) in [6.07, 6.45) is 0.252. The Morgan fingerprint density at radius 1 is 1.16 bits per heavy atom. The van der Waals surface area contributed by atoms with Gasteiger partial charge in [-0.05, 0) is 25.1 Å². The van der Waals surface area contributed by atoms with E-state index in [0.717, 1.165) is 16.8 Å². The van der Waals surface area contributed by atoms with Crippen LogP contribution in [0, 0.1) is 17.0 Å². The number of amides is 1. The highest BCUT2D eigenvalue weighted by molar-refractivity contribution is 5.79. The summed E-state index contributed by atoms with van der Waals surface area (Å²) in [5.74, 6) is 0.610. The minimum Gasteiger partial charge on any atom is -0.496 e. The first-order valence-electron chi connectivity index (χ1n) is 7.88. The van der Waals surface area contributed by atoms with Crippen LogP contribution in [0.3, 0.4) is 0 Å². The number of nitro benzene ring substituents is 1. The van der Waals surface area contributed by atoms with E-state index in [1.165, 1.54) is 12.1 Å². The molecule has 2 aromatic carbocycles. The molecule has 0 unspecified atom stereocenters. The van der Waals surface area contributed by atoms with Gasteiger partial charge in [0.15, 0.2) is 0 Å². The summed E-state index contributed by atoms with van der Waals surface area (Å²) in [5.41, 5.74) is 2.73. The van der Waals surface area contributed by atoms with E-state index in [9.17, 15) is 14.9 Å². The Morgan fingerprint density at radius 2 is 1.88 bits per heavy atom. The monoisotopic (exact) mass is 343 g/mol. The van der Waals surface area contributed by atoms with E-state index < -0.39 is 4.92 Å². The summed E-state index contributed by atoms with van der Waals surface area (Å²) < 4.78 is 5.27. The highest BCUT2D eigenvalue weighted by Crippen LogP contribution is 2.20. The van der Waals surface area contributed by atoms with E-state index in [-0.39, 0.29) is 18.0 Å². The van der Waals surface area contributed by atoms with Crippen molar-refractivity contribution in [2.75, 3.05) is 25.5 Å². The summed E-state index contributed by atoms with van der Waals surface area (Å²) in [7, 11) is 1.58. The Morgan fingerprint density at radius 3 is 2.52 bits per heavy atom. The van der Waals surface area contributed by atoms with Crippen molar-refractivity contribution < 1.29 is 14.5 Å². The molecule has 0 aliphatic heterocycles. The number of benzene rings is 2. The smallest absolute Gasteiger partial charge is 0.269 e. The lowest BCUT2D eigenvalue weighted by molar-refractivity contribution is -0.384. The van der Waals surface area contributed by atoms with Crippen LogP contribution in [-0.2, 0) is 11.2 Å². The van der Waals surface area contributed by atoms with Crippen molar-refractivity contribution in [2.24, 2.45) is 0 Å². The lowest BCUT2D eigenvalue weighted by Gasteiger charge is -2.11. The molecular weight excluding hydrogens is 322 g/mol. The van der Waals surface area contributed by atoms with Crippen LogP contribution in [-0.4, -0.2) is 31.0 Å². The van der Waals surface area contributed by atoms with Gasteiger partial charge in [0.05, 0.1) is 18.5 Å². The molecule has 7 heteroatoms. The zero-order valence-corrected chi connectivity index (χ0v) is 14.2. The number of hydrogen-bond acceptors (Lipinski definition) is 5. The summed E-state index contributed by atoms with van der Waals surface area (Å²) in [5, 5.41) is 16.5. The minimum atomic E-state index is -0.441. The van der Waals surface area contributed by atoms with Gasteiger partial charge >= 0.3 is 0 Å².